The SMILES string of the molecule is COc1ccc(Sc2ccc3ccc(C#N)c-3cc2)cc1. The molecule has 21 heavy (non-hydrogen) atoms. The molecule has 2 aliphatic rings. The summed E-state index contributed by atoms with van der Waals surface area (Å²) in [6.07, 6.45) is 0. The van der Waals surface area contributed by atoms with Gasteiger partial charge in [-0.1, -0.05) is 30.0 Å². The summed E-state index contributed by atoms with van der Waals surface area (Å²) in [6.45, 7) is 0. The second-order valence-corrected chi connectivity index (χ2v) is 5.72. The first-order valence-corrected chi connectivity index (χ1v) is 7.36. The number of hydrogen-bond acceptors (Lipinski definition) is 3. The predicted molar refractivity (Wildman–Crippen MR) is 84.9 cm³/mol. The summed E-state index contributed by atoms with van der Waals surface area (Å²) in [5.41, 5.74) is 2.81. The van der Waals surface area contributed by atoms with E-state index in [2.05, 4.69) is 24.3 Å². The van der Waals surface area contributed by atoms with Crippen LogP contribution in [0.2, 0.25) is 0 Å². The van der Waals surface area contributed by atoms with Crippen molar-refractivity contribution in [1.82, 2.24) is 0 Å². The average molecular weight is 291 g/mol. The molecule has 0 radical (unpaired) electrons. The molecule has 0 aliphatic heterocycles. The van der Waals surface area contributed by atoms with Crippen LogP contribution in [0.3, 0.4) is 0 Å². The highest BCUT2D eigenvalue weighted by atomic mass is 32.2. The van der Waals surface area contributed by atoms with Gasteiger partial charge in [0.1, 0.15) is 5.75 Å². The number of hydrogen-bond donors (Lipinski definition) is 0. The van der Waals surface area contributed by atoms with Crippen LogP contribution in [0.4, 0.5) is 0 Å². The Hall–Kier alpha value is -2.44. The van der Waals surface area contributed by atoms with E-state index in [-0.39, 0.29) is 0 Å². The van der Waals surface area contributed by atoms with Gasteiger partial charge in [0, 0.05) is 9.79 Å². The number of benzene rings is 1. The standard InChI is InChI=1S/C18H13NOS/c1-20-15-5-8-17(9-6-15)21-16-7-4-13-2-3-14(12-19)18(13)11-10-16/h2-11H,1H3. The third-order valence-corrected chi connectivity index (χ3v) is 4.30. The van der Waals surface area contributed by atoms with Crippen molar-refractivity contribution >= 4 is 11.8 Å². The van der Waals surface area contributed by atoms with Gasteiger partial charge < -0.3 is 4.74 Å². The van der Waals surface area contributed by atoms with E-state index in [0.717, 1.165) is 32.2 Å². The Morgan fingerprint density at radius 2 is 1.48 bits per heavy atom. The fourth-order valence-electron chi connectivity index (χ4n) is 2.18. The van der Waals surface area contributed by atoms with Gasteiger partial charge in [-0.05, 0) is 53.6 Å². The van der Waals surface area contributed by atoms with E-state index >= 15 is 0 Å². The van der Waals surface area contributed by atoms with Gasteiger partial charge in [0.15, 0.2) is 0 Å². The molecule has 3 heteroatoms. The lowest BCUT2D eigenvalue weighted by atomic mass is 10.1. The molecule has 0 saturated heterocycles. The molecule has 0 amide bonds. The van der Waals surface area contributed by atoms with E-state index in [1.165, 1.54) is 0 Å². The fourth-order valence-corrected chi connectivity index (χ4v) is 2.99. The van der Waals surface area contributed by atoms with Crippen molar-refractivity contribution in [3.05, 3.63) is 66.2 Å². The lowest BCUT2D eigenvalue weighted by Crippen LogP contribution is -1.80. The van der Waals surface area contributed by atoms with Gasteiger partial charge in [0.2, 0.25) is 0 Å². The maximum absolute atomic E-state index is 9.09. The molecule has 3 rings (SSSR count). The molecular weight excluding hydrogens is 278 g/mol. The summed E-state index contributed by atoms with van der Waals surface area (Å²) in [5.74, 6) is 0.857. The molecule has 0 bridgehead atoms. The molecule has 1 aromatic carbocycles. The molecule has 0 fully saturated rings. The lowest BCUT2D eigenvalue weighted by Gasteiger charge is -2.02. The minimum absolute atomic E-state index is 0.724. The molecular formula is C18H13NOS. The highest BCUT2D eigenvalue weighted by molar-refractivity contribution is 7.99. The minimum Gasteiger partial charge on any atom is -0.497 e. The van der Waals surface area contributed by atoms with Crippen molar-refractivity contribution in [2.45, 2.75) is 9.79 Å². The van der Waals surface area contributed by atoms with Crippen LogP contribution in [-0.4, -0.2) is 7.11 Å². The molecule has 0 atom stereocenters. The summed E-state index contributed by atoms with van der Waals surface area (Å²) in [4.78, 5) is 2.29. The Morgan fingerprint density at radius 1 is 0.857 bits per heavy atom. The van der Waals surface area contributed by atoms with Crippen molar-refractivity contribution in [2.24, 2.45) is 0 Å². The van der Waals surface area contributed by atoms with Crippen molar-refractivity contribution in [3.63, 3.8) is 0 Å². The molecule has 1 aromatic rings. The Kier molecular flexibility index (Phi) is 3.81. The van der Waals surface area contributed by atoms with Crippen molar-refractivity contribution in [3.8, 4) is 22.9 Å². The van der Waals surface area contributed by atoms with Crippen LogP contribution in [0, 0.1) is 11.3 Å². The quantitative estimate of drug-likeness (QED) is 0.693. The second-order valence-electron chi connectivity index (χ2n) is 4.57. The van der Waals surface area contributed by atoms with E-state index in [0.29, 0.717) is 0 Å². The fraction of sp³-hybridized carbons (Fsp3) is 0.0556. The summed E-state index contributed by atoms with van der Waals surface area (Å²) < 4.78 is 5.16. The van der Waals surface area contributed by atoms with Gasteiger partial charge in [-0.2, -0.15) is 5.26 Å². The zero-order valence-corrected chi connectivity index (χ0v) is 12.4. The Bertz CT molecular complexity index is 774. The Balaban J connectivity index is 1.90. The summed E-state index contributed by atoms with van der Waals surface area (Å²) in [6, 6.07) is 22.3. The van der Waals surface area contributed by atoms with Crippen LogP contribution in [0.25, 0.3) is 11.1 Å². The van der Waals surface area contributed by atoms with E-state index in [1.54, 1.807) is 18.9 Å². The third kappa shape index (κ3) is 2.86. The van der Waals surface area contributed by atoms with E-state index in [4.69, 9.17) is 10.00 Å². The molecule has 102 valence electrons. The number of fused-ring (bicyclic) bond motifs is 1. The highest BCUT2D eigenvalue weighted by Gasteiger charge is 2.07. The monoisotopic (exact) mass is 291 g/mol. The topological polar surface area (TPSA) is 33.0 Å². The first-order chi connectivity index (χ1) is 10.3. The van der Waals surface area contributed by atoms with E-state index in [1.807, 2.05) is 42.5 Å². The second kappa shape index (κ2) is 5.90. The number of nitriles is 1. The van der Waals surface area contributed by atoms with Crippen molar-refractivity contribution in [2.75, 3.05) is 7.11 Å². The smallest absolute Gasteiger partial charge is 0.118 e. The van der Waals surface area contributed by atoms with Gasteiger partial charge in [-0.15, -0.1) is 0 Å². The number of ether oxygens (including phenoxy) is 1. The molecule has 0 N–H and O–H groups in total. The van der Waals surface area contributed by atoms with Gasteiger partial charge in [-0.25, -0.2) is 0 Å². The van der Waals surface area contributed by atoms with Crippen molar-refractivity contribution < 1.29 is 4.74 Å². The summed E-state index contributed by atoms with van der Waals surface area (Å²) in [7, 11) is 1.66. The van der Waals surface area contributed by atoms with Crippen LogP contribution >= 0.6 is 11.8 Å². The normalized spacial score (nSPS) is 10.3. The van der Waals surface area contributed by atoms with Crippen molar-refractivity contribution in [1.29, 1.82) is 5.26 Å². The molecule has 2 aliphatic carbocycles. The zero-order valence-electron chi connectivity index (χ0n) is 11.5. The zero-order chi connectivity index (χ0) is 14.7. The van der Waals surface area contributed by atoms with Gasteiger partial charge in [0.25, 0.3) is 0 Å². The van der Waals surface area contributed by atoms with Gasteiger partial charge in [-0.3, -0.25) is 0 Å². The summed E-state index contributed by atoms with van der Waals surface area (Å²) in [5, 5.41) is 9.09. The maximum Gasteiger partial charge on any atom is 0.118 e. The molecule has 0 heterocycles. The predicted octanol–water partition coefficient (Wildman–Crippen LogP) is 4.82. The number of methoxy groups -OCH3 is 1. The lowest BCUT2D eigenvalue weighted by molar-refractivity contribution is 0.414. The molecule has 2 nitrogen and oxygen atoms in total. The molecule has 0 aromatic heterocycles. The first-order valence-electron chi connectivity index (χ1n) is 6.55. The van der Waals surface area contributed by atoms with Crippen LogP contribution in [-0.2, 0) is 0 Å². The molecule has 0 unspecified atom stereocenters. The van der Waals surface area contributed by atoms with Gasteiger partial charge in [0.05, 0.1) is 18.7 Å². The van der Waals surface area contributed by atoms with E-state index in [9.17, 15) is 0 Å². The third-order valence-electron chi connectivity index (χ3n) is 3.29. The number of nitrogens with zero attached hydrogens (tertiary/aromatic N) is 1. The molecule has 0 saturated carbocycles. The Labute approximate surface area is 128 Å². The van der Waals surface area contributed by atoms with Crippen LogP contribution in [0.15, 0.2) is 70.5 Å². The maximum atomic E-state index is 9.09. The van der Waals surface area contributed by atoms with Crippen LogP contribution < -0.4 is 4.74 Å². The van der Waals surface area contributed by atoms with Gasteiger partial charge >= 0.3 is 0 Å². The van der Waals surface area contributed by atoms with E-state index < -0.39 is 0 Å². The average Bonchev–Trinajstić information content (AvgIpc) is 2.82. The largest absolute Gasteiger partial charge is 0.497 e. The number of rotatable bonds is 3. The first kappa shape index (κ1) is 13.5. The van der Waals surface area contributed by atoms with Crippen LogP contribution in [0.5, 0.6) is 5.75 Å². The Morgan fingerprint density at radius 3 is 2.14 bits per heavy atom. The molecule has 0 spiro atoms. The van der Waals surface area contributed by atoms with Crippen LogP contribution in [0.1, 0.15) is 5.56 Å². The summed E-state index contributed by atoms with van der Waals surface area (Å²) >= 11 is 1.69. The minimum atomic E-state index is 0.724. The highest BCUT2D eigenvalue weighted by Crippen LogP contribution is 2.32.